The highest BCUT2D eigenvalue weighted by molar-refractivity contribution is 7.90. The van der Waals surface area contributed by atoms with Gasteiger partial charge < -0.3 is 19.5 Å². The van der Waals surface area contributed by atoms with Crippen molar-refractivity contribution in [2.45, 2.75) is 43.9 Å². The predicted molar refractivity (Wildman–Crippen MR) is 138 cm³/mol. The van der Waals surface area contributed by atoms with E-state index < -0.39 is 9.84 Å². The number of ether oxygens (including phenoxy) is 1. The van der Waals surface area contributed by atoms with Crippen LogP contribution in [0.5, 0.6) is 0 Å². The molecule has 1 fully saturated rings. The maximum atomic E-state index is 13.2. The van der Waals surface area contributed by atoms with Gasteiger partial charge in [0.15, 0.2) is 5.11 Å². The first-order valence-corrected chi connectivity index (χ1v) is 13.6. The standard InChI is InChI=1S/C24H35N5O3S2/c1-4-10-29-22(17-25-24(29)34(30,31)19-21-8-6-5-7-9-21)18-28(23(33)26-20(2)3)12-11-27-13-15-32-16-14-27/h4-9,17,20H,1,10-16,18-19H2,2-3H3,(H,26,33). The first-order valence-electron chi connectivity index (χ1n) is 11.6. The molecule has 1 aliphatic heterocycles. The molecule has 1 aromatic carbocycles. The van der Waals surface area contributed by atoms with Crippen LogP contribution in [0.4, 0.5) is 0 Å². The van der Waals surface area contributed by atoms with Gasteiger partial charge in [0.1, 0.15) is 0 Å². The Hall–Kier alpha value is -2.27. The highest BCUT2D eigenvalue weighted by Gasteiger charge is 2.25. The van der Waals surface area contributed by atoms with Gasteiger partial charge in [-0.3, -0.25) is 4.90 Å². The number of hydrogen-bond acceptors (Lipinski definition) is 6. The molecule has 1 aromatic heterocycles. The summed E-state index contributed by atoms with van der Waals surface area (Å²) in [5, 5.41) is 4.02. The molecular weight excluding hydrogens is 470 g/mol. The van der Waals surface area contributed by atoms with Crippen LogP contribution in [-0.2, 0) is 33.4 Å². The molecule has 2 heterocycles. The van der Waals surface area contributed by atoms with Gasteiger partial charge >= 0.3 is 0 Å². The normalized spacial score (nSPS) is 14.8. The van der Waals surface area contributed by atoms with Crippen LogP contribution >= 0.6 is 12.2 Å². The minimum Gasteiger partial charge on any atom is -0.379 e. The Morgan fingerprint density at radius 2 is 2.00 bits per heavy atom. The van der Waals surface area contributed by atoms with Gasteiger partial charge in [-0.05, 0) is 31.6 Å². The number of morpholine rings is 1. The Balaban J connectivity index is 1.82. The second-order valence-electron chi connectivity index (χ2n) is 8.66. The van der Waals surface area contributed by atoms with Crippen molar-refractivity contribution >= 4 is 27.2 Å². The molecule has 1 N–H and O–H groups in total. The number of aromatic nitrogens is 2. The zero-order valence-electron chi connectivity index (χ0n) is 20.0. The summed E-state index contributed by atoms with van der Waals surface area (Å²) in [6.45, 7) is 13.5. The molecule has 0 aliphatic carbocycles. The summed E-state index contributed by atoms with van der Waals surface area (Å²) >= 11 is 5.70. The van der Waals surface area contributed by atoms with Crippen LogP contribution < -0.4 is 5.32 Å². The quantitative estimate of drug-likeness (QED) is 0.369. The first kappa shape index (κ1) is 26.3. The van der Waals surface area contributed by atoms with Crippen molar-refractivity contribution in [3.8, 4) is 0 Å². The Kier molecular flexibility index (Phi) is 9.63. The third-order valence-electron chi connectivity index (χ3n) is 5.53. The molecule has 0 radical (unpaired) electrons. The van der Waals surface area contributed by atoms with Gasteiger partial charge in [-0.25, -0.2) is 13.4 Å². The fourth-order valence-corrected chi connectivity index (χ4v) is 5.71. The molecular formula is C24H35N5O3S2. The van der Waals surface area contributed by atoms with E-state index in [1.165, 1.54) is 0 Å². The minimum absolute atomic E-state index is 0.0575. The third kappa shape index (κ3) is 7.36. The van der Waals surface area contributed by atoms with Crippen molar-refractivity contribution in [1.82, 2.24) is 24.7 Å². The molecule has 2 aromatic rings. The van der Waals surface area contributed by atoms with E-state index in [4.69, 9.17) is 17.0 Å². The van der Waals surface area contributed by atoms with E-state index in [2.05, 4.69) is 26.7 Å². The lowest BCUT2D eigenvalue weighted by Crippen LogP contribution is -2.47. The van der Waals surface area contributed by atoms with Gasteiger partial charge in [0.05, 0.1) is 37.4 Å². The molecule has 34 heavy (non-hydrogen) atoms. The lowest BCUT2D eigenvalue weighted by molar-refractivity contribution is 0.0356. The van der Waals surface area contributed by atoms with Gasteiger partial charge in [0, 0.05) is 38.8 Å². The van der Waals surface area contributed by atoms with Crippen LogP contribution in [-0.4, -0.2) is 78.3 Å². The second kappa shape index (κ2) is 12.4. The topological polar surface area (TPSA) is 79.7 Å². The summed E-state index contributed by atoms with van der Waals surface area (Å²) in [4.78, 5) is 8.77. The highest BCUT2D eigenvalue weighted by atomic mass is 32.2. The molecule has 8 nitrogen and oxygen atoms in total. The van der Waals surface area contributed by atoms with E-state index in [1.54, 1.807) is 16.8 Å². The number of imidazole rings is 1. The molecule has 0 atom stereocenters. The largest absolute Gasteiger partial charge is 0.379 e. The molecule has 0 bridgehead atoms. The summed E-state index contributed by atoms with van der Waals surface area (Å²) in [6.07, 6.45) is 3.33. The third-order valence-corrected chi connectivity index (χ3v) is 7.50. The summed E-state index contributed by atoms with van der Waals surface area (Å²) in [6, 6.07) is 9.35. The number of nitrogens with zero attached hydrogens (tertiary/aromatic N) is 4. The summed E-state index contributed by atoms with van der Waals surface area (Å²) in [7, 11) is -3.63. The monoisotopic (exact) mass is 505 g/mol. The minimum atomic E-state index is -3.63. The fraction of sp³-hybridized carbons (Fsp3) is 0.500. The number of benzene rings is 1. The Bertz CT molecular complexity index is 1050. The van der Waals surface area contributed by atoms with Crippen LogP contribution in [0, 0.1) is 0 Å². The van der Waals surface area contributed by atoms with Crippen LogP contribution in [0.3, 0.4) is 0 Å². The lowest BCUT2D eigenvalue weighted by atomic mass is 10.2. The van der Waals surface area contributed by atoms with Crippen LogP contribution in [0.15, 0.2) is 54.3 Å². The molecule has 0 spiro atoms. The van der Waals surface area contributed by atoms with Gasteiger partial charge in [0.2, 0.25) is 15.0 Å². The SMILES string of the molecule is C=CCn1c(CN(CCN2CCOCC2)C(=S)NC(C)C)cnc1S(=O)(=O)Cc1ccccc1. The second-order valence-corrected chi connectivity index (χ2v) is 10.9. The van der Waals surface area contributed by atoms with Gasteiger partial charge in [0.25, 0.3) is 0 Å². The molecule has 0 unspecified atom stereocenters. The van der Waals surface area contributed by atoms with E-state index in [9.17, 15) is 8.42 Å². The van der Waals surface area contributed by atoms with Crippen LogP contribution in [0.25, 0.3) is 0 Å². The summed E-state index contributed by atoms with van der Waals surface area (Å²) < 4.78 is 33.6. The molecule has 186 valence electrons. The molecule has 3 rings (SSSR count). The van der Waals surface area contributed by atoms with E-state index in [0.29, 0.717) is 24.7 Å². The van der Waals surface area contributed by atoms with Crippen LogP contribution in [0.2, 0.25) is 0 Å². The molecule has 1 aliphatic rings. The van der Waals surface area contributed by atoms with Gasteiger partial charge in [-0.2, -0.15) is 0 Å². The highest BCUT2D eigenvalue weighted by Crippen LogP contribution is 2.19. The molecule has 10 heteroatoms. The maximum Gasteiger partial charge on any atom is 0.228 e. The zero-order chi connectivity index (χ0) is 24.6. The molecule has 1 saturated heterocycles. The Morgan fingerprint density at radius 1 is 1.29 bits per heavy atom. The Labute approximate surface area is 208 Å². The van der Waals surface area contributed by atoms with Crippen molar-refractivity contribution in [2.24, 2.45) is 0 Å². The average Bonchev–Trinajstić information content (AvgIpc) is 3.20. The number of hydrogen-bond donors (Lipinski definition) is 1. The van der Waals surface area contributed by atoms with Crippen molar-refractivity contribution in [3.05, 3.63) is 60.4 Å². The van der Waals surface area contributed by atoms with Crippen molar-refractivity contribution in [1.29, 1.82) is 0 Å². The van der Waals surface area contributed by atoms with E-state index in [1.807, 2.05) is 44.2 Å². The lowest BCUT2D eigenvalue weighted by Gasteiger charge is -2.32. The molecule has 0 saturated carbocycles. The first-order chi connectivity index (χ1) is 16.3. The van der Waals surface area contributed by atoms with Crippen molar-refractivity contribution in [3.63, 3.8) is 0 Å². The number of allylic oxidation sites excluding steroid dienone is 1. The van der Waals surface area contributed by atoms with Crippen molar-refractivity contribution < 1.29 is 13.2 Å². The van der Waals surface area contributed by atoms with Crippen LogP contribution in [0.1, 0.15) is 25.1 Å². The zero-order valence-corrected chi connectivity index (χ0v) is 21.7. The van der Waals surface area contributed by atoms with E-state index in [0.717, 1.165) is 44.1 Å². The maximum absolute atomic E-state index is 13.2. The van der Waals surface area contributed by atoms with Gasteiger partial charge in [-0.15, -0.1) is 6.58 Å². The van der Waals surface area contributed by atoms with Gasteiger partial charge in [-0.1, -0.05) is 36.4 Å². The number of nitrogens with one attached hydrogen (secondary N) is 1. The summed E-state index contributed by atoms with van der Waals surface area (Å²) in [5.74, 6) is -0.102. The van der Waals surface area contributed by atoms with Crippen molar-refractivity contribution in [2.75, 3.05) is 39.4 Å². The predicted octanol–water partition coefficient (Wildman–Crippen LogP) is 2.46. The smallest absolute Gasteiger partial charge is 0.228 e. The summed E-state index contributed by atoms with van der Waals surface area (Å²) in [5.41, 5.74) is 1.51. The van der Waals surface area contributed by atoms with E-state index >= 15 is 0 Å². The average molecular weight is 506 g/mol. The Morgan fingerprint density at radius 3 is 2.65 bits per heavy atom. The number of sulfone groups is 1. The number of thiocarbonyl (C=S) groups is 1. The fourth-order valence-electron chi connectivity index (χ4n) is 3.82. The number of rotatable bonds is 11. The van der Waals surface area contributed by atoms with E-state index in [-0.39, 0.29) is 17.0 Å². The molecule has 0 amide bonds.